The first-order valence-electron chi connectivity index (χ1n) is 6.08. The molecule has 0 aliphatic rings. The van der Waals surface area contributed by atoms with Crippen molar-refractivity contribution in [1.82, 2.24) is 0 Å². The summed E-state index contributed by atoms with van der Waals surface area (Å²) in [6.45, 7) is 17.5. The maximum Gasteiger partial charge on any atom is 0.332 e. The highest BCUT2D eigenvalue weighted by atomic mass is 16.5. The lowest BCUT2D eigenvalue weighted by atomic mass is 10.2. The molecule has 0 N–H and O–H groups in total. The van der Waals surface area contributed by atoms with Gasteiger partial charge in [0.1, 0.15) is 0 Å². The minimum Gasteiger partial charge on any atom is -0.466 e. The quantitative estimate of drug-likeness (QED) is 0.448. The van der Waals surface area contributed by atoms with Gasteiger partial charge in [0.15, 0.2) is 0 Å². The van der Waals surface area contributed by atoms with E-state index < -0.39 is 0 Å². The average molecular weight is 272 g/mol. The number of allylic oxidation sites excluding steroid dienone is 2. The van der Waals surface area contributed by atoms with Gasteiger partial charge in [-0.15, -0.1) is 0 Å². The summed E-state index contributed by atoms with van der Waals surface area (Å²) in [7, 11) is 1.33. The zero-order chi connectivity index (χ0) is 16.0. The molecule has 0 amide bonds. The number of ether oxygens (including phenoxy) is 1. The largest absolute Gasteiger partial charge is 0.466 e. The van der Waals surface area contributed by atoms with Crippen molar-refractivity contribution in [2.45, 2.75) is 13.8 Å². The Hall–Kier alpha value is -2.35. The molecule has 0 bridgehead atoms. The highest BCUT2D eigenvalue weighted by Gasteiger charge is 1.95. The molecule has 108 valence electrons. The minimum atomic E-state index is -0.347. The third kappa shape index (κ3) is 13.7. The Balaban J connectivity index is 0. The lowest BCUT2D eigenvalue weighted by Crippen LogP contribution is -1.98. The third-order valence-corrected chi connectivity index (χ3v) is 1.92. The van der Waals surface area contributed by atoms with E-state index in [1.54, 1.807) is 13.0 Å². The van der Waals surface area contributed by atoms with Crippen molar-refractivity contribution >= 4 is 12.0 Å². The number of carbonyl (C=O) groups is 1. The monoisotopic (exact) mass is 272 g/mol. The van der Waals surface area contributed by atoms with Gasteiger partial charge >= 0.3 is 5.97 Å². The number of esters is 1. The molecule has 0 aliphatic carbocycles. The number of benzene rings is 1. The second-order valence-corrected chi connectivity index (χ2v) is 3.94. The second-order valence-electron chi connectivity index (χ2n) is 3.94. The van der Waals surface area contributed by atoms with Gasteiger partial charge < -0.3 is 4.74 Å². The Morgan fingerprint density at radius 3 is 1.70 bits per heavy atom. The summed E-state index contributed by atoms with van der Waals surface area (Å²) in [6.07, 6.45) is 3.56. The van der Waals surface area contributed by atoms with Crippen LogP contribution in [-0.4, -0.2) is 13.1 Å². The summed E-state index contributed by atoms with van der Waals surface area (Å²) in [5, 5.41) is 0. The number of hydrogen-bond donors (Lipinski definition) is 0. The van der Waals surface area contributed by atoms with Crippen LogP contribution >= 0.6 is 0 Å². The highest BCUT2D eigenvalue weighted by Crippen LogP contribution is 1.97. The fraction of sp³-hybridized carbons (Fsp3) is 0.167. The van der Waals surface area contributed by atoms with E-state index in [0.717, 1.165) is 5.57 Å². The molecule has 0 saturated carbocycles. The van der Waals surface area contributed by atoms with Gasteiger partial charge in [0.05, 0.1) is 7.11 Å². The molecule has 0 fully saturated rings. The first kappa shape index (κ1) is 20.0. The molecule has 20 heavy (non-hydrogen) atoms. The van der Waals surface area contributed by atoms with E-state index in [1.165, 1.54) is 12.7 Å². The zero-order valence-corrected chi connectivity index (χ0v) is 12.7. The van der Waals surface area contributed by atoms with Crippen LogP contribution < -0.4 is 0 Å². The predicted molar refractivity (Wildman–Crippen MR) is 88.4 cm³/mol. The molecule has 0 radical (unpaired) electrons. The van der Waals surface area contributed by atoms with Crippen molar-refractivity contribution in [2.24, 2.45) is 0 Å². The normalized spacial score (nSPS) is 7.75. The highest BCUT2D eigenvalue weighted by molar-refractivity contribution is 5.86. The lowest BCUT2D eigenvalue weighted by Gasteiger charge is -1.91. The Bertz CT molecular complexity index is 442. The number of rotatable bonds is 3. The van der Waals surface area contributed by atoms with Crippen LogP contribution in [0.2, 0.25) is 0 Å². The first-order valence-corrected chi connectivity index (χ1v) is 6.08. The van der Waals surface area contributed by atoms with Crippen LogP contribution in [0.4, 0.5) is 0 Å². The molecule has 2 nitrogen and oxygen atoms in total. The Morgan fingerprint density at radius 2 is 1.55 bits per heavy atom. The Labute approximate surface area is 122 Å². The van der Waals surface area contributed by atoms with Crippen molar-refractivity contribution in [1.29, 1.82) is 0 Å². The van der Waals surface area contributed by atoms with Crippen LogP contribution in [0.25, 0.3) is 6.08 Å². The van der Waals surface area contributed by atoms with E-state index in [1.807, 2.05) is 43.3 Å². The van der Waals surface area contributed by atoms with Crippen LogP contribution in [0, 0.1) is 0 Å². The summed E-state index contributed by atoms with van der Waals surface area (Å²) in [5.41, 5.74) is 2.63. The summed E-state index contributed by atoms with van der Waals surface area (Å²) in [6, 6.07) is 10.0. The van der Waals surface area contributed by atoms with E-state index in [0.29, 0.717) is 5.57 Å². The van der Waals surface area contributed by atoms with E-state index in [9.17, 15) is 4.79 Å². The van der Waals surface area contributed by atoms with Gasteiger partial charge in [0, 0.05) is 5.57 Å². The van der Waals surface area contributed by atoms with Crippen LogP contribution in [-0.2, 0) is 9.53 Å². The first-order chi connectivity index (χ1) is 9.38. The van der Waals surface area contributed by atoms with Gasteiger partial charge in [0.25, 0.3) is 0 Å². The molecule has 0 heterocycles. The maximum atomic E-state index is 10.2. The van der Waals surface area contributed by atoms with Crippen molar-refractivity contribution in [3.05, 3.63) is 79.4 Å². The van der Waals surface area contributed by atoms with Gasteiger partial charge in [0.2, 0.25) is 0 Å². The van der Waals surface area contributed by atoms with Crippen molar-refractivity contribution in [3.63, 3.8) is 0 Å². The Morgan fingerprint density at radius 1 is 1.10 bits per heavy atom. The fourth-order valence-electron chi connectivity index (χ4n) is 0.763. The van der Waals surface area contributed by atoms with E-state index >= 15 is 0 Å². The molecular formula is C18H24O2. The number of hydrogen-bond acceptors (Lipinski definition) is 2. The minimum absolute atomic E-state index is 0.347. The van der Waals surface area contributed by atoms with Gasteiger partial charge in [-0.3, -0.25) is 0 Å². The molecule has 0 spiro atoms. The van der Waals surface area contributed by atoms with E-state index in [2.05, 4.69) is 31.1 Å². The molecule has 2 heteroatoms. The summed E-state index contributed by atoms with van der Waals surface area (Å²) in [5.74, 6) is -0.347. The van der Waals surface area contributed by atoms with Crippen LogP contribution in [0.15, 0.2) is 73.9 Å². The zero-order valence-electron chi connectivity index (χ0n) is 12.7. The number of carbonyl (C=O) groups excluding carboxylic acids is 1. The average Bonchev–Trinajstić information content (AvgIpc) is 2.48. The molecular weight excluding hydrogens is 248 g/mol. The third-order valence-electron chi connectivity index (χ3n) is 1.92. The molecule has 0 aromatic heterocycles. The lowest BCUT2D eigenvalue weighted by molar-refractivity contribution is -0.136. The Kier molecular flexibility index (Phi) is 13.1. The summed E-state index contributed by atoms with van der Waals surface area (Å²) in [4.78, 5) is 10.2. The van der Waals surface area contributed by atoms with Gasteiger partial charge in [-0.2, -0.15) is 0 Å². The topological polar surface area (TPSA) is 26.3 Å². The van der Waals surface area contributed by atoms with Crippen molar-refractivity contribution in [3.8, 4) is 0 Å². The van der Waals surface area contributed by atoms with Gasteiger partial charge in [-0.1, -0.05) is 74.4 Å². The molecule has 0 saturated heterocycles. The van der Waals surface area contributed by atoms with E-state index in [-0.39, 0.29) is 5.97 Å². The van der Waals surface area contributed by atoms with Gasteiger partial charge in [-0.25, -0.2) is 4.79 Å². The molecule has 1 rings (SSSR count). The molecule has 1 aromatic rings. The molecule has 0 aliphatic heterocycles. The smallest absolute Gasteiger partial charge is 0.332 e. The van der Waals surface area contributed by atoms with E-state index in [4.69, 9.17) is 0 Å². The molecule has 1 aromatic carbocycles. The number of methoxy groups -OCH3 is 1. The van der Waals surface area contributed by atoms with Crippen LogP contribution in [0.3, 0.4) is 0 Å². The van der Waals surface area contributed by atoms with Gasteiger partial charge in [-0.05, 0) is 19.4 Å². The molecule has 0 unspecified atom stereocenters. The fourth-order valence-corrected chi connectivity index (χ4v) is 0.763. The standard InChI is InChI=1S/C8H8.C5H8O2.C5H8/c1-2-8-6-4-3-5-7-8;1-4(2)5(6)7-3;1-4-5(2)3/h2-7H,1H2;1H2,2-3H3;4H,1-2H2,3H3. The van der Waals surface area contributed by atoms with Crippen molar-refractivity contribution < 1.29 is 9.53 Å². The molecule has 0 atom stereocenters. The van der Waals surface area contributed by atoms with Crippen molar-refractivity contribution in [2.75, 3.05) is 7.11 Å². The SMILES string of the molecule is C=C(C)C(=O)OC.C=CC(=C)C.C=Cc1ccccc1. The van der Waals surface area contributed by atoms with Crippen LogP contribution in [0.1, 0.15) is 19.4 Å². The predicted octanol–water partition coefficient (Wildman–Crippen LogP) is 4.81. The maximum absolute atomic E-state index is 10.2. The summed E-state index contributed by atoms with van der Waals surface area (Å²) < 4.78 is 4.27. The second kappa shape index (κ2) is 13.1. The van der Waals surface area contributed by atoms with Crippen LogP contribution in [0.5, 0.6) is 0 Å². The summed E-state index contributed by atoms with van der Waals surface area (Å²) >= 11 is 0.